The summed E-state index contributed by atoms with van der Waals surface area (Å²) in [6.45, 7) is 0.739. The number of carboxylic acid groups (broad SMARTS) is 1. The van der Waals surface area contributed by atoms with Gasteiger partial charge in [0.15, 0.2) is 6.10 Å². The Morgan fingerprint density at radius 2 is 2.05 bits per heavy atom. The molecule has 0 aromatic heterocycles. The highest BCUT2D eigenvalue weighted by atomic mass is 16.5. The van der Waals surface area contributed by atoms with Crippen LogP contribution >= 0.6 is 0 Å². The lowest BCUT2D eigenvalue weighted by Crippen LogP contribution is -2.34. The molecule has 5 heteroatoms. The lowest BCUT2D eigenvalue weighted by molar-refractivity contribution is -0.143. The Morgan fingerprint density at radius 3 is 2.58 bits per heavy atom. The Balaban J connectivity index is 2.08. The molecule has 1 heterocycles. The number of hydrogen-bond donors (Lipinski definition) is 1. The second-order valence-corrected chi connectivity index (χ2v) is 4.63. The minimum atomic E-state index is -0.844. The molecule has 102 valence electrons. The quantitative estimate of drug-likeness (QED) is 0.889. The van der Waals surface area contributed by atoms with Crippen molar-refractivity contribution in [2.24, 2.45) is 5.92 Å². The van der Waals surface area contributed by atoms with E-state index in [0.29, 0.717) is 13.0 Å². The van der Waals surface area contributed by atoms with Gasteiger partial charge in [0.1, 0.15) is 0 Å². The summed E-state index contributed by atoms with van der Waals surface area (Å²) in [4.78, 5) is 24.8. The number of methoxy groups -OCH3 is 1. The molecule has 1 N–H and O–H groups in total. The molecule has 0 bridgehead atoms. The minimum absolute atomic E-state index is 0.169. The molecule has 19 heavy (non-hydrogen) atoms. The first kappa shape index (κ1) is 13.5. The van der Waals surface area contributed by atoms with Crippen molar-refractivity contribution in [2.45, 2.75) is 12.5 Å². The summed E-state index contributed by atoms with van der Waals surface area (Å²) in [5.41, 5.74) is 0.786. The van der Waals surface area contributed by atoms with Crippen molar-refractivity contribution in [1.82, 2.24) is 4.90 Å². The van der Waals surface area contributed by atoms with Gasteiger partial charge in [-0.1, -0.05) is 30.3 Å². The summed E-state index contributed by atoms with van der Waals surface area (Å²) in [7, 11) is 1.49. The maximum atomic E-state index is 12.4. The second kappa shape index (κ2) is 5.84. The number of carboxylic acids is 1. The third kappa shape index (κ3) is 2.93. The Bertz CT molecular complexity index is 460. The number of amides is 1. The molecule has 1 aliphatic rings. The van der Waals surface area contributed by atoms with Crippen LogP contribution in [0.2, 0.25) is 0 Å². The molecule has 5 nitrogen and oxygen atoms in total. The van der Waals surface area contributed by atoms with Crippen LogP contribution in [0.25, 0.3) is 0 Å². The standard InChI is InChI=1S/C14H17NO4/c1-19-12(10-5-3-2-4-6-10)13(16)15-8-7-11(9-15)14(17)18/h2-6,11-12H,7-9H2,1H3,(H,17,18)/t11-,12-/m0/s1. The molecule has 1 aliphatic heterocycles. The van der Waals surface area contributed by atoms with Gasteiger partial charge in [0.25, 0.3) is 5.91 Å². The molecule has 0 aliphatic carbocycles. The number of hydrogen-bond acceptors (Lipinski definition) is 3. The Kier molecular flexibility index (Phi) is 4.16. The lowest BCUT2D eigenvalue weighted by Gasteiger charge is -2.22. The van der Waals surface area contributed by atoms with Crippen LogP contribution in [0.4, 0.5) is 0 Å². The van der Waals surface area contributed by atoms with E-state index in [-0.39, 0.29) is 12.5 Å². The van der Waals surface area contributed by atoms with Gasteiger partial charge >= 0.3 is 5.97 Å². The van der Waals surface area contributed by atoms with Gasteiger partial charge in [-0.15, -0.1) is 0 Å². The predicted molar refractivity (Wildman–Crippen MR) is 68.5 cm³/mol. The van der Waals surface area contributed by atoms with E-state index < -0.39 is 18.0 Å². The summed E-state index contributed by atoms with van der Waals surface area (Å²) in [6, 6.07) is 9.22. The third-order valence-electron chi connectivity index (χ3n) is 3.41. The van der Waals surface area contributed by atoms with Crippen molar-refractivity contribution in [1.29, 1.82) is 0 Å². The number of benzene rings is 1. The summed E-state index contributed by atoms with van der Waals surface area (Å²) in [5.74, 6) is -1.47. The van der Waals surface area contributed by atoms with Crippen molar-refractivity contribution >= 4 is 11.9 Å². The molecule has 0 radical (unpaired) electrons. The van der Waals surface area contributed by atoms with Gasteiger partial charge in [0, 0.05) is 20.2 Å². The number of ether oxygens (including phenoxy) is 1. The first-order chi connectivity index (χ1) is 9.13. The van der Waals surface area contributed by atoms with E-state index in [1.807, 2.05) is 30.3 Å². The molecule has 0 saturated carbocycles. The largest absolute Gasteiger partial charge is 0.481 e. The average Bonchev–Trinajstić information content (AvgIpc) is 2.90. The molecule has 1 fully saturated rings. The van der Waals surface area contributed by atoms with Crippen molar-refractivity contribution in [3.8, 4) is 0 Å². The van der Waals surface area contributed by atoms with E-state index in [1.165, 1.54) is 7.11 Å². The molecule has 0 unspecified atom stereocenters. The predicted octanol–water partition coefficient (Wildman–Crippen LogP) is 1.31. The van der Waals surface area contributed by atoms with E-state index in [0.717, 1.165) is 5.56 Å². The van der Waals surface area contributed by atoms with E-state index in [2.05, 4.69) is 0 Å². The summed E-state index contributed by atoms with van der Waals surface area (Å²) in [5, 5.41) is 8.96. The van der Waals surface area contributed by atoms with Crippen LogP contribution in [0.15, 0.2) is 30.3 Å². The number of likely N-dealkylation sites (tertiary alicyclic amines) is 1. The number of carbonyl (C=O) groups excluding carboxylic acids is 1. The molecule has 2 atom stereocenters. The summed E-state index contributed by atoms with van der Waals surface area (Å²) < 4.78 is 5.27. The maximum absolute atomic E-state index is 12.4. The highest BCUT2D eigenvalue weighted by Gasteiger charge is 2.34. The molecule has 1 amide bonds. The number of nitrogens with zero attached hydrogens (tertiary/aromatic N) is 1. The Labute approximate surface area is 111 Å². The average molecular weight is 263 g/mol. The van der Waals surface area contributed by atoms with Crippen LogP contribution in [-0.4, -0.2) is 42.1 Å². The van der Waals surface area contributed by atoms with Crippen molar-refractivity contribution in [2.75, 3.05) is 20.2 Å². The second-order valence-electron chi connectivity index (χ2n) is 4.63. The van der Waals surface area contributed by atoms with E-state index >= 15 is 0 Å². The molecule has 1 saturated heterocycles. The van der Waals surface area contributed by atoms with Crippen LogP contribution in [0, 0.1) is 5.92 Å². The fraction of sp³-hybridized carbons (Fsp3) is 0.429. The van der Waals surface area contributed by atoms with Crippen LogP contribution < -0.4 is 0 Å². The Morgan fingerprint density at radius 1 is 1.37 bits per heavy atom. The zero-order valence-electron chi connectivity index (χ0n) is 10.8. The van der Waals surface area contributed by atoms with Crippen LogP contribution in [-0.2, 0) is 14.3 Å². The zero-order chi connectivity index (χ0) is 13.8. The number of aliphatic carboxylic acids is 1. The zero-order valence-corrected chi connectivity index (χ0v) is 10.8. The van der Waals surface area contributed by atoms with Gasteiger partial charge < -0.3 is 14.7 Å². The van der Waals surface area contributed by atoms with Crippen LogP contribution in [0.5, 0.6) is 0 Å². The number of carbonyl (C=O) groups is 2. The van der Waals surface area contributed by atoms with Gasteiger partial charge in [-0.05, 0) is 12.0 Å². The summed E-state index contributed by atoms with van der Waals surface area (Å²) >= 11 is 0. The van der Waals surface area contributed by atoms with Gasteiger partial charge in [-0.3, -0.25) is 9.59 Å². The first-order valence-electron chi connectivity index (χ1n) is 6.23. The monoisotopic (exact) mass is 263 g/mol. The normalized spacial score (nSPS) is 20.3. The molecular weight excluding hydrogens is 246 g/mol. The van der Waals surface area contributed by atoms with Gasteiger partial charge in [0.2, 0.25) is 0 Å². The van der Waals surface area contributed by atoms with E-state index in [4.69, 9.17) is 9.84 Å². The topological polar surface area (TPSA) is 66.8 Å². The van der Waals surface area contributed by atoms with Crippen molar-refractivity contribution < 1.29 is 19.4 Å². The smallest absolute Gasteiger partial charge is 0.308 e. The van der Waals surface area contributed by atoms with Gasteiger partial charge in [-0.2, -0.15) is 0 Å². The molecule has 1 aromatic carbocycles. The summed E-state index contributed by atoms with van der Waals surface area (Å²) in [6.07, 6.45) is -0.152. The molecule has 0 spiro atoms. The third-order valence-corrected chi connectivity index (χ3v) is 3.41. The van der Waals surface area contributed by atoms with Crippen molar-refractivity contribution in [3.63, 3.8) is 0 Å². The van der Waals surface area contributed by atoms with E-state index in [1.54, 1.807) is 4.90 Å². The lowest BCUT2D eigenvalue weighted by atomic mass is 10.1. The van der Waals surface area contributed by atoms with Gasteiger partial charge in [0.05, 0.1) is 5.92 Å². The van der Waals surface area contributed by atoms with E-state index in [9.17, 15) is 9.59 Å². The van der Waals surface area contributed by atoms with Crippen LogP contribution in [0.1, 0.15) is 18.1 Å². The molecule has 2 rings (SSSR count). The minimum Gasteiger partial charge on any atom is -0.481 e. The fourth-order valence-electron chi connectivity index (χ4n) is 2.34. The van der Waals surface area contributed by atoms with Crippen molar-refractivity contribution in [3.05, 3.63) is 35.9 Å². The Hall–Kier alpha value is -1.88. The highest BCUT2D eigenvalue weighted by Crippen LogP contribution is 2.24. The number of rotatable bonds is 4. The SMILES string of the molecule is CO[C@H](C(=O)N1CC[C@H](C(=O)O)C1)c1ccccc1. The van der Waals surface area contributed by atoms with Gasteiger partial charge in [-0.25, -0.2) is 0 Å². The van der Waals surface area contributed by atoms with Crippen LogP contribution in [0.3, 0.4) is 0 Å². The first-order valence-corrected chi connectivity index (χ1v) is 6.23. The molecular formula is C14H17NO4. The fourth-order valence-corrected chi connectivity index (χ4v) is 2.34. The maximum Gasteiger partial charge on any atom is 0.308 e. The molecule has 1 aromatic rings. The highest BCUT2D eigenvalue weighted by molar-refractivity contribution is 5.83.